The van der Waals surface area contributed by atoms with Crippen LogP contribution in [0.3, 0.4) is 0 Å². The van der Waals surface area contributed by atoms with Crippen LogP contribution in [-0.4, -0.2) is 41.3 Å². The summed E-state index contributed by atoms with van der Waals surface area (Å²) in [7, 11) is 1.52. The molecule has 0 atom stereocenters. The lowest BCUT2D eigenvalue weighted by atomic mass is 10.1. The van der Waals surface area contributed by atoms with E-state index < -0.39 is 23.6 Å². The average Bonchev–Trinajstić information content (AvgIpc) is 2.73. The molecule has 0 spiro atoms. The van der Waals surface area contributed by atoms with Crippen LogP contribution < -0.4 is 16.2 Å². The van der Waals surface area contributed by atoms with Crippen molar-refractivity contribution in [1.82, 2.24) is 9.55 Å². The fourth-order valence-electron chi connectivity index (χ4n) is 3.05. The number of halogens is 3. The second-order valence-electron chi connectivity index (χ2n) is 6.83. The molecule has 1 heterocycles. The number of carbonyl (C=O) groups is 2. The van der Waals surface area contributed by atoms with Crippen LogP contribution in [0.5, 0.6) is 0 Å². The number of aryl methyl sites for hydroxylation is 1. The van der Waals surface area contributed by atoms with Gasteiger partial charge in [-0.15, -0.1) is 0 Å². The number of nitrogens with zero attached hydrogens (tertiary/aromatic N) is 2. The Labute approximate surface area is 180 Å². The summed E-state index contributed by atoms with van der Waals surface area (Å²) >= 11 is 0. The summed E-state index contributed by atoms with van der Waals surface area (Å²) in [6.45, 7) is 2.34. The predicted molar refractivity (Wildman–Crippen MR) is 112 cm³/mol. The van der Waals surface area contributed by atoms with Crippen LogP contribution in [-0.2, 0) is 11.3 Å². The van der Waals surface area contributed by atoms with Gasteiger partial charge in [0, 0.05) is 24.0 Å². The van der Waals surface area contributed by atoms with E-state index in [9.17, 15) is 27.6 Å². The maximum absolute atomic E-state index is 12.8. The Morgan fingerprint density at radius 2 is 1.78 bits per heavy atom. The van der Waals surface area contributed by atoms with E-state index in [1.54, 1.807) is 13.0 Å². The Hall–Kier alpha value is -3.73. The first-order chi connectivity index (χ1) is 15.1. The summed E-state index contributed by atoms with van der Waals surface area (Å²) in [5, 5.41) is 5.15. The monoisotopic (exact) mass is 448 g/mol. The van der Waals surface area contributed by atoms with Gasteiger partial charge in [-0.3, -0.25) is 14.2 Å². The molecule has 2 N–H and O–H groups in total. The van der Waals surface area contributed by atoms with Gasteiger partial charge < -0.3 is 15.4 Å². The molecule has 0 aliphatic carbocycles. The number of hydrogen-bond acceptors (Lipinski definition) is 5. The Balaban J connectivity index is 1.80. The van der Waals surface area contributed by atoms with Gasteiger partial charge in [-0.25, -0.2) is 9.78 Å². The predicted octanol–water partition coefficient (Wildman–Crippen LogP) is 3.74. The zero-order valence-corrected chi connectivity index (χ0v) is 17.1. The zero-order valence-electron chi connectivity index (χ0n) is 17.1. The first-order valence-corrected chi connectivity index (χ1v) is 9.40. The third-order valence-electron chi connectivity index (χ3n) is 4.56. The van der Waals surface area contributed by atoms with Crippen LogP contribution in [0.1, 0.15) is 16.2 Å². The van der Waals surface area contributed by atoms with E-state index in [1.165, 1.54) is 35.9 Å². The number of ether oxygens (including phenoxy) is 1. The van der Waals surface area contributed by atoms with Gasteiger partial charge in [-0.1, -0.05) is 12.1 Å². The number of aromatic nitrogens is 2. The van der Waals surface area contributed by atoms with Gasteiger partial charge in [0.15, 0.2) is 0 Å². The maximum Gasteiger partial charge on any atom is 0.454 e. The van der Waals surface area contributed by atoms with Crippen LogP contribution in [0.2, 0.25) is 0 Å². The van der Waals surface area contributed by atoms with Gasteiger partial charge in [0.2, 0.25) is 0 Å². The largest absolute Gasteiger partial charge is 0.454 e. The summed E-state index contributed by atoms with van der Waals surface area (Å²) in [4.78, 5) is 40.8. The van der Waals surface area contributed by atoms with Gasteiger partial charge in [0.1, 0.15) is 5.82 Å². The summed E-state index contributed by atoms with van der Waals surface area (Å²) in [5.74, 6) is -1.49. The molecule has 0 unspecified atom stereocenters. The molecule has 0 radical (unpaired) electrons. The number of benzene rings is 2. The summed E-state index contributed by atoms with van der Waals surface area (Å²) in [6.07, 6.45) is -5.02. The molecule has 168 valence electrons. The summed E-state index contributed by atoms with van der Waals surface area (Å²) < 4.78 is 44.3. The van der Waals surface area contributed by atoms with Gasteiger partial charge in [-0.2, -0.15) is 13.2 Å². The quantitative estimate of drug-likeness (QED) is 0.560. The third kappa shape index (κ3) is 5.11. The van der Waals surface area contributed by atoms with Crippen molar-refractivity contribution >= 4 is 34.1 Å². The molecule has 3 aromatic rings. The van der Waals surface area contributed by atoms with Crippen LogP contribution in [0, 0.1) is 6.92 Å². The minimum atomic E-state index is -5.02. The molecule has 8 nitrogen and oxygen atoms in total. The fourth-order valence-corrected chi connectivity index (χ4v) is 3.05. The minimum Gasteiger partial charge on any atom is -0.383 e. The number of Topliss-reactive ketones (excluding diaryl/α,β-unsaturated/α-hetero) is 1. The molecule has 1 aromatic heterocycles. The number of nitrogens with one attached hydrogen (secondary N) is 2. The van der Waals surface area contributed by atoms with Gasteiger partial charge in [0.05, 0.1) is 24.1 Å². The number of methoxy groups -OCH3 is 1. The second kappa shape index (κ2) is 9.18. The number of ketones is 1. The number of carbonyl (C=O) groups excluding carboxylic acids is 2. The lowest BCUT2D eigenvalue weighted by Gasteiger charge is -2.12. The number of amides is 2. The van der Waals surface area contributed by atoms with Crippen molar-refractivity contribution < 1.29 is 27.5 Å². The number of rotatable bonds is 6. The zero-order chi connectivity index (χ0) is 23.5. The third-order valence-corrected chi connectivity index (χ3v) is 4.56. The van der Waals surface area contributed by atoms with Gasteiger partial charge in [0.25, 0.3) is 11.3 Å². The first-order valence-electron chi connectivity index (χ1n) is 9.40. The lowest BCUT2D eigenvalue weighted by molar-refractivity contribution is -0.0885. The number of urea groups is 1. The normalized spacial score (nSPS) is 11.4. The average molecular weight is 448 g/mol. The van der Waals surface area contributed by atoms with E-state index in [1.807, 2.05) is 0 Å². The highest BCUT2D eigenvalue weighted by atomic mass is 19.4. The molecule has 0 aliphatic rings. The maximum atomic E-state index is 12.8. The van der Waals surface area contributed by atoms with Crippen molar-refractivity contribution in [3.05, 3.63) is 64.2 Å². The highest BCUT2D eigenvalue weighted by Gasteiger charge is 2.39. The molecule has 2 aromatic carbocycles. The molecule has 0 saturated carbocycles. The van der Waals surface area contributed by atoms with E-state index in [-0.39, 0.29) is 22.3 Å². The molecule has 32 heavy (non-hydrogen) atoms. The molecule has 0 fully saturated rings. The number of fused-ring (bicyclic) bond motifs is 1. The minimum absolute atomic E-state index is 0.00222. The number of hydrogen-bond donors (Lipinski definition) is 2. The lowest BCUT2D eigenvalue weighted by Crippen LogP contribution is -2.26. The molecule has 11 heteroatoms. The Morgan fingerprint density at radius 3 is 2.44 bits per heavy atom. The van der Waals surface area contributed by atoms with E-state index >= 15 is 0 Å². The van der Waals surface area contributed by atoms with Crippen molar-refractivity contribution in [2.75, 3.05) is 24.4 Å². The van der Waals surface area contributed by atoms with E-state index in [4.69, 9.17) is 4.74 Å². The fraction of sp³-hybridized carbons (Fsp3) is 0.238. The number of anilines is 2. The van der Waals surface area contributed by atoms with Gasteiger partial charge in [-0.05, 0) is 37.3 Å². The van der Waals surface area contributed by atoms with Crippen molar-refractivity contribution in [2.45, 2.75) is 19.6 Å². The highest BCUT2D eigenvalue weighted by Crippen LogP contribution is 2.23. The molecular formula is C21H19F3N4O4. The van der Waals surface area contributed by atoms with E-state index in [0.717, 1.165) is 12.1 Å². The molecular weight excluding hydrogens is 429 g/mol. The SMILES string of the molecule is COCCn1c(C)nc2ccc(NC(=O)Nc3cccc(C(=O)C(F)(F)F)c3)cc2c1=O. The molecule has 0 saturated heterocycles. The van der Waals surface area contributed by atoms with Crippen LogP contribution in [0.4, 0.5) is 29.3 Å². The van der Waals surface area contributed by atoms with Crippen molar-refractivity contribution in [2.24, 2.45) is 0 Å². The number of alkyl halides is 3. The Kier molecular flexibility index (Phi) is 6.58. The second-order valence-corrected chi connectivity index (χ2v) is 6.83. The van der Waals surface area contributed by atoms with Crippen molar-refractivity contribution in [1.29, 1.82) is 0 Å². The highest BCUT2D eigenvalue weighted by molar-refractivity contribution is 6.04. The van der Waals surface area contributed by atoms with E-state index in [2.05, 4.69) is 15.6 Å². The Bertz CT molecular complexity index is 1240. The van der Waals surface area contributed by atoms with Crippen molar-refractivity contribution in [3.8, 4) is 0 Å². The van der Waals surface area contributed by atoms with Gasteiger partial charge >= 0.3 is 12.2 Å². The smallest absolute Gasteiger partial charge is 0.383 e. The summed E-state index contributed by atoms with van der Waals surface area (Å²) in [6, 6.07) is 8.30. The van der Waals surface area contributed by atoms with Crippen molar-refractivity contribution in [3.63, 3.8) is 0 Å². The van der Waals surface area contributed by atoms with E-state index in [0.29, 0.717) is 24.5 Å². The molecule has 0 aliphatic heterocycles. The van der Waals surface area contributed by atoms with Crippen LogP contribution in [0.15, 0.2) is 47.3 Å². The standard InChI is InChI=1S/C21H19F3N4O4/c1-12-25-17-7-6-15(11-16(17)19(30)28(12)8-9-32-2)27-20(31)26-14-5-3-4-13(10-14)18(29)21(22,23)24/h3-7,10-11H,8-9H2,1-2H3,(H2,26,27,31). The van der Waals surface area contributed by atoms with Crippen LogP contribution in [0.25, 0.3) is 10.9 Å². The molecule has 0 bridgehead atoms. The first kappa shape index (κ1) is 22.9. The Morgan fingerprint density at radius 1 is 1.09 bits per heavy atom. The molecule has 3 rings (SSSR count). The molecule has 2 amide bonds. The topological polar surface area (TPSA) is 102 Å². The van der Waals surface area contributed by atoms with Crippen LogP contribution >= 0.6 is 0 Å². The summed E-state index contributed by atoms with van der Waals surface area (Å²) in [5.41, 5.74) is -0.173.